The molecule has 0 spiro atoms. The molecule has 1 fully saturated rings. The molecule has 2 amide bonds. The number of amidine groups is 1. The Labute approximate surface area is 124 Å². The summed E-state index contributed by atoms with van der Waals surface area (Å²) in [7, 11) is 1.54. The van der Waals surface area contributed by atoms with E-state index in [9.17, 15) is 9.59 Å². The van der Waals surface area contributed by atoms with E-state index in [0.29, 0.717) is 32.6 Å². The van der Waals surface area contributed by atoms with Crippen molar-refractivity contribution in [3.05, 3.63) is 0 Å². The van der Waals surface area contributed by atoms with Gasteiger partial charge in [0.05, 0.1) is 6.54 Å². The zero-order chi connectivity index (χ0) is 15.9. The first kappa shape index (κ1) is 17.2. The van der Waals surface area contributed by atoms with E-state index in [0.717, 1.165) is 6.42 Å². The molecule has 1 heterocycles. The van der Waals surface area contributed by atoms with Gasteiger partial charge in [-0.2, -0.15) is 0 Å². The lowest BCUT2D eigenvalue weighted by Gasteiger charge is -2.37. The summed E-state index contributed by atoms with van der Waals surface area (Å²) >= 11 is 0. The number of hydrogen-bond donors (Lipinski definition) is 3. The van der Waals surface area contributed by atoms with Crippen molar-refractivity contribution in [2.75, 3.05) is 33.4 Å². The van der Waals surface area contributed by atoms with Crippen LogP contribution >= 0.6 is 0 Å². The molecule has 8 heteroatoms. The van der Waals surface area contributed by atoms with Crippen LogP contribution in [0.4, 0.5) is 0 Å². The van der Waals surface area contributed by atoms with Crippen molar-refractivity contribution in [1.82, 2.24) is 10.2 Å². The van der Waals surface area contributed by atoms with Crippen molar-refractivity contribution in [2.24, 2.45) is 16.3 Å². The first-order valence-corrected chi connectivity index (χ1v) is 7.06. The zero-order valence-corrected chi connectivity index (χ0v) is 12.6. The fourth-order valence-corrected chi connectivity index (χ4v) is 2.37. The molecule has 1 aliphatic rings. The lowest BCUT2D eigenvalue weighted by Crippen LogP contribution is -2.54. The van der Waals surface area contributed by atoms with E-state index in [2.05, 4.69) is 10.5 Å². The van der Waals surface area contributed by atoms with Crippen LogP contribution in [0.15, 0.2) is 5.16 Å². The minimum Gasteiger partial charge on any atom is -0.409 e. The SMILES string of the molecule is CCCNC(=O)CN(C)C(=O)C1(C(N)=NO)CCOCC1. The summed E-state index contributed by atoms with van der Waals surface area (Å²) in [5.41, 5.74) is 4.64. The fraction of sp³-hybridized carbons (Fsp3) is 0.769. The van der Waals surface area contributed by atoms with E-state index in [-0.39, 0.29) is 24.2 Å². The summed E-state index contributed by atoms with van der Waals surface area (Å²) in [4.78, 5) is 25.7. The van der Waals surface area contributed by atoms with Gasteiger partial charge in [0.1, 0.15) is 5.41 Å². The van der Waals surface area contributed by atoms with Gasteiger partial charge >= 0.3 is 0 Å². The van der Waals surface area contributed by atoms with Gasteiger partial charge in [-0.05, 0) is 19.3 Å². The van der Waals surface area contributed by atoms with Crippen molar-refractivity contribution in [3.63, 3.8) is 0 Å². The summed E-state index contributed by atoms with van der Waals surface area (Å²) in [5, 5.41) is 14.7. The van der Waals surface area contributed by atoms with Crippen molar-refractivity contribution in [2.45, 2.75) is 26.2 Å². The number of likely N-dealkylation sites (N-methyl/N-ethyl adjacent to an activating group) is 1. The van der Waals surface area contributed by atoms with Gasteiger partial charge in [-0.25, -0.2) is 0 Å². The molecule has 1 aliphatic heterocycles. The van der Waals surface area contributed by atoms with Crippen LogP contribution in [0.5, 0.6) is 0 Å². The highest BCUT2D eigenvalue weighted by atomic mass is 16.5. The molecule has 0 aliphatic carbocycles. The predicted molar refractivity (Wildman–Crippen MR) is 76.8 cm³/mol. The Morgan fingerprint density at radius 1 is 1.43 bits per heavy atom. The quantitative estimate of drug-likeness (QED) is 0.265. The number of amides is 2. The number of nitrogens with two attached hydrogens (primary N) is 1. The van der Waals surface area contributed by atoms with Gasteiger partial charge in [0.15, 0.2) is 5.84 Å². The fourth-order valence-electron chi connectivity index (χ4n) is 2.37. The highest BCUT2D eigenvalue weighted by Crippen LogP contribution is 2.32. The van der Waals surface area contributed by atoms with E-state index < -0.39 is 5.41 Å². The average molecular weight is 300 g/mol. The molecule has 0 aromatic heterocycles. The lowest BCUT2D eigenvalue weighted by molar-refractivity contribution is -0.144. The molecule has 0 atom stereocenters. The Morgan fingerprint density at radius 3 is 2.57 bits per heavy atom. The number of hydrogen-bond acceptors (Lipinski definition) is 5. The number of nitrogens with one attached hydrogen (secondary N) is 1. The predicted octanol–water partition coefficient (Wildman–Crippen LogP) is -0.486. The van der Waals surface area contributed by atoms with Crippen LogP contribution in [0.3, 0.4) is 0 Å². The topological polar surface area (TPSA) is 117 Å². The van der Waals surface area contributed by atoms with Gasteiger partial charge in [-0.15, -0.1) is 0 Å². The van der Waals surface area contributed by atoms with E-state index >= 15 is 0 Å². The first-order valence-electron chi connectivity index (χ1n) is 7.06. The highest BCUT2D eigenvalue weighted by Gasteiger charge is 2.46. The second-order valence-corrected chi connectivity index (χ2v) is 5.19. The van der Waals surface area contributed by atoms with Gasteiger partial charge in [0.2, 0.25) is 11.8 Å². The molecule has 1 rings (SSSR count). The third kappa shape index (κ3) is 4.07. The van der Waals surface area contributed by atoms with Crippen molar-refractivity contribution in [3.8, 4) is 0 Å². The average Bonchev–Trinajstić information content (AvgIpc) is 2.51. The molecule has 21 heavy (non-hydrogen) atoms. The molecule has 0 unspecified atom stereocenters. The van der Waals surface area contributed by atoms with Crippen molar-refractivity contribution < 1.29 is 19.5 Å². The minimum absolute atomic E-state index is 0.0554. The monoisotopic (exact) mass is 300 g/mol. The Bertz CT molecular complexity index is 405. The minimum atomic E-state index is -1.09. The summed E-state index contributed by atoms with van der Waals surface area (Å²) in [5.74, 6) is -0.682. The van der Waals surface area contributed by atoms with Gasteiger partial charge in [-0.3, -0.25) is 9.59 Å². The standard InChI is InChI=1S/C13H24N4O4/c1-3-6-15-10(18)9-17(2)12(19)13(11(14)16-20)4-7-21-8-5-13/h20H,3-9H2,1-2H3,(H2,14,16)(H,15,18). The summed E-state index contributed by atoms with van der Waals surface area (Å²) in [6.45, 7) is 3.18. The van der Waals surface area contributed by atoms with Crippen LogP contribution in [0.25, 0.3) is 0 Å². The normalized spacial score (nSPS) is 18.1. The molecule has 0 aromatic carbocycles. The summed E-state index contributed by atoms with van der Waals surface area (Å²) in [6.07, 6.45) is 1.50. The maximum absolute atomic E-state index is 12.6. The Balaban J connectivity index is 2.78. The van der Waals surface area contributed by atoms with Crippen molar-refractivity contribution >= 4 is 17.6 Å². The number of rotatable bonds is 6. The molecule has 120 valence electrons. The molecule has 0 saturated carbocycles. The highest BCUT2D eigenvalue weighted by molar-refractivity contribution is 6.07. The number of carbonyl (C=O) groups is 2. The molecule has 0 radical (unpaired) electrons. The van der Waals surface area contributed by atoms with Crippen LogP contribution in [-0.4, -0.2) is 61.1 Å². The number of nitrogens with zero attached hydrogens (tertiary/aromatic N) is 2. The second-order valence-electron chi connectivity index (χ2n) is 5.19. The van der Waals surface area contributed by atoms with Crippen molar-refractivity contribution in [1.29, 1.82) is 0 Å². The third-order valence-corrected chi connectivity index (χ3v) is 3.65. The second kappa shape index (κ2) is 7.82. The van der Waals surface area contributed by atoms with Crippen LogP contribution in [0.2, 0.25) is 0 Å². The maximum Gasteiger partial charge on any atom is 0.239 e. The molecule has 4 N–H and O–H groups in total. The van der Waals surface area contributed by atoms with Crippen LogP contribution in [0, 0.1) is 5.41 Å². The molecule has 0 bridgehead atoms. The Morgan fingerprint density at radius 2 is 2.05 bits per heavy atom. The summed E-state index contributed by atoms with van der Waals surface area (Å²) < 4.78 is 5.24. The third-order valence-electron chi connectivity index (χ3n) is 3.65. The largest absolute Gasteiger partial charge is 0.409 e. The summed E-state index contributed by atoms with van der Waals surface area (Å²) in [6, 6.07) is 0. The van der Waals surface area contributed by atoms with Crippen LogP contribution in [0.1, 0.15) is 26.2 Å². The van der Waals surface area contributed by atoms with E-state index in [1.54, 1.807) is 0 Å². The van der Waals surface area contributed by atoms with E-state index in [1.165, 1.54) is 11.9 Å². The van der Waals surface area contributed by atoms with E-state index in [4.69, 9.17) is 15.7 Å². The smallest absolute Gasteiger partial charge is 0.239 e. The molecular formula is C13H24N4O4. The molecule has 8 nitrogen and oxygen atoms in total. The van der Waals surface area contributed by atoms with Gasteiger partial charge in [0.25, 0.3) is 0 Å². The van der Waals surface area contributed by atoms with E-state index in [1.807, 2.05) is 6.92 Å². The maximum atomic E-state index is 12.6. The zero-order valence-electron chi connectivity index (χ0n) is 12.6. The number of carbonyl (C=O) groups excluding carboxylic acids is 2. The van der Waals surface area contributed by atoms with Gasteiger partial charge in [0, 0.05) is 26.8 Å². The molecular weight excluding hydrogens is 276 g/mol. The van der Waals surface area contributed by atoms with Crippen LogP contribution in [-0.2, 0) is 14.3 Å². The first-order chi connectivity index (χ1) is 9.97. The Hall–Kier alpha value is -1.83. The van der Waals surface area contributed by atoms with Crippen LogP contribution < -0.4 is 11.1 Å². The van der Waals surface area contributed by atoms with Gasteiger partial charge < -0.3 is 25.9 Å². The number of ether oxygens (including phenoxy) is 1. The molecule has 1 saturated heterocycles. The Kier molecular flexibility index (Phi) is 6.41. The lowest BCUT2D eigenvalue weighted by atomic mass is 9.77. The van der Waals surface area contributed by atoms with Gasteiger partial charge in [-0.1, -0.05) is 12.1 Å². The molecule has 0 aromatic rings. The number of oxime groups is 1.